The molecule has 5 nitrogen and oxygen atoms in total. The molecular formula is C19H20BrFN2O3S. The maximum Gasteiger partial charge on any atom is 0.258 e. The quantitative estimate of drug-likeness (QED) is 0.743. The summed E-state index contributed by atoms with van der Waals surface area (Å²) in [4.78, 5) is 12.5. The van der Waals surface area contributed by atoms with Crippen LogP contribution in [0, 0.1) is 5.82 Å². The van der Waals surface area contributed by atoms with Crippen molar-refractivity contribution in [3.05, 3.63) is 58.3 Å². The minimum absolute atomic E-state index is 0.112. The van der Waals surface area contributed by atoms with Gasteiger partial charge >= 0.3 is 0 Å². The molecule has 2 aromatic rings. The summed E-state index contributed by atoms with van der Waals surface area (Å²) >= 11 is 3.14. The predicted octanol–water partition coefficient (Wildman–Crippen LogP) is 4.41. The number of rotatable bonds is 4. The molecular weight excluding hydrogens is 435 g/mol. The van der Waals surface area contributed by atoms with Gasteiger partial charge < -0.3 is 5.32 Å². The molecule has 0 radical (unpaired) electrons. The molecule has 8 heteroatoms. The lowest BCUT2D eigenvalue weighted by Gasteiger charge is -2.20. The van der Waals surface area contributed by atoms with Crippen molar-refractivity contribution in [2.24, 2.45) is 0 Å². The minimum Gasteiger partial charge on any atom is -0.322 e. The molecule has 144 valence electrons. The first-order valence-electron chi connectivity index (χ1n) is 8.74. The molecule has 0 atom stereocenters. The summed E-state index contributed by atoms with van der Waals surface area (Å²) in [6, 6.07) is 10.2. The first-order chi connectivity index (χ1) is 12.9. The molecule has 1 aliphatic heterocycles. The fourth-order valence-corrected chi connectivity index (χ4v) is 4.93. The van der Waals surface area contributed by atoms with Crippen LogP contribution in [0.4, 0.5) is 10.1 Å². The van der Waals surface area contributed by atoms with Gasteiger partial charge in [0.1, 0.15) is 5.82 Å². The maximum absolute atomic E-state index is 14.0. The largest absolute Gasteiger partial charge is 0.322 e. The number of sulfonamides is 1. The molecule has 0 saturated carbocycles. The number of anilines is 1. The Bertz CT molecular complexity index is 942. The number of hydrogen-bond acceptors (Lipinski definition) is 3. The second-order valence-corrected chi connectivity index (χ2v) is 9.28. The lowest BCUT2D eigenvalue weighted by atomic mass is 10.2. The summed E-state index contributed by atoms with van der Waals surface area (Å²) in [7, 11) is -3.62. The van der Waals surface area contributed by atoms with Crippen LogP contribution in [0.1, 0.15) is 36.0 Å². The van der Waals surface area contributed by atoms with Gasteiger partial charge in [-0.25, -0.2) is 12.8 Å². The smallest absolute Gasteiger partial charge is 0.258 e. The Labute approximate surface area is 166 Å². The SMILES string of the molecule is O=C(Nc1cccc(S(=O)(=O)N2CCCCCC2)c1)c1ccc(Br)cc1F. The molecule has 1 N–H and O–H groups in total. The number of benzene rings is 2. The highest BCUT2D eigenvalue weighted by Gasteiger charge is 2.25. The highest BCUT2D eigenvalue weighted by Crippen LogP contribution is 2.23. The Kier molecular flexibility index (Phi) is 6.29. The molecule has 2 aromatic carbocycles. The van der Waals surface area contributed by atoms with Crippen molar-refractivity contribution < 1.29 is 17.6 Å². The van der Waals surface area contributed by atoms with Gasteiger partial charge in [-0.15, -0.1) is 0 Å². The number of hydrogen-bond donors (Lipinski definition) is 1. The van der Waals surface area contributed by atoms with Crippen LogP contribution in [-0.2, 0) is 10.0 Å². The van der Waals surface area contributed by atoms with E-state index in [1.54, 1.807) is 18.2 Å². The third kappa shape index (κ3) is 4.75. The van der Waals surface area contributed by atoms with Gasteiger partial charge in [0.2, 0.25) is 10.0 Å². The molecule has 0 spiro atoms. The Morgan fingerprint density at radius 1 is 1.04 bits per heavy atom. The van der Waals surface area contributed by atoms with Gasteiger partial charge in [-0.1, -0.05) is 34.8 Å². The lowest BCUT2D eigenvalue weighted by molar-refractivity contribution is 0.102. The van der Waals surface area contributed by atoms with E-state index in [0.717, 1.165) is 25.7 Å². The highest BCUT2D eigenvalue weighted by atomic mass is 79.9. The minimum atomic E-state index is -3.62. The molecule has 3 rings (SSSR count). The van der Waals surface area contributed by atoms with E-state index < -0.39 is 21.7 Å². The first kappa shape index (κ1) is 20.0. The summed E-state index contributed by atoms with van der Waals surface area (Å²) in [6.45, 7) is 1.01. The lowest BCUT2D eigenvalue weighted by Crippen LogP contribution is -2.32. The van der Waals surface area contributed by atoms with Crippen LogP contribution in [-0.4, -0.2) is 31.7 Å². The summed E-state index contributed by atoms with van der Waals surface area (Å²) in [5.74, 6) is -1.29. The zero-order valence-electron chi connectivity index (χ0n) is 14.6. The van der Waals surface area contributed by atoms with Crippen LogP contribution < -0.4 is 5.32 Å². The van der Waals surface area contributed by atoms with E-state index >= 15 is 0 Å². The number of amides is 1. The standard InChI is InChI=1S/C19H20BrFN2O3S/c20-14-8-9-17(18(21)12-14)19(24)22-15-6-5-7-16(13-15)27(25,26)23-10-3-1-2-4-11-23/h5-9,12-13H,1-4,10-11H2,(H,22,24). The van der Waals surface area contributed by atoms with Crippen LogP contribution in [0.5, 0.6) is 0 Å². The van der Waals surface area contributed by atoms with Crippen molar-refractivity contribution in [1.82, 2.24) is 4.31 Å². The second-order valence-electron chi connectivity index (χ2n) is 6.42. The molecule has 0 bridgehead atoms. The van der Waals surface area contributed by atoms with E-state index in [0.29, 0.717) is 23.2 Å². The molecule has 1 amide bonds. The van der Waals surface area contributed by atoms with Crippen molar-refractivity contribution >= 4 is 37.5 Å². The van der Waals surface area contributed by atoms with E-state index in [-0.39, 0.29) is 10.5 Å². The van der Waals surface area contributed by atoms with Crippen molar-refractivity contribution in [2.45, 2.75) is 30.6 Å². The van der Waals surface area contributed by atoms with Crippen LogP contribution in [0.25, 0.3) is 0 Å². The van der Waals surface area contributed by atoms with Gasteiger partial charge in [-0.3, -0.25) is 4.79 Å². The molecule has 1 fully saturated rings. The average molecular weight is 455 g/mol. The topological polar surface area (TPSA) is 66.5 Å². The average Bonchev–Trinajstić information content (AvgIpc) is 2.92. The van der Waals surface area contributed by atoms with E-state index in [2.05, 4.69) is 21.2 Å². The molecule has 0 aromatic heterocycles. The Morgan fingerprint density at radius 2 is 1.74 bits per heavy atom. The Balaban J connectivity index is 1.81. The summed E-state index contributed by atoms with van der Waals surface area (Å²) < 4.78 is 41.8. The molecule has 27 heavy (non-hydrogen) atoms. The van der Waals surface area contributed by atoms with Crippen molar-refractivity contribution in [1.29, 1.82) is 0 Å². The van der Waals surface area contributed by atoms with Crippen molar-refractivity contribution in [3.8, 4) is 0 Å². The first-order valence-corrected chi connectivity index (χ1v) is 11.0. The monoisotopic (exact) mass is 454 g/mol. The second kappa shape index (κ2) is 8.50. The van der Waals surface area contributed by atoms with Gasteiger partial charge in [-0.2, -0.15) is 4.31 Å². The molecule has 0 aliphatic carbocycles. The molecule has 0 unspecified atom stereocenters. The van der Waals surface area contributed by atoms with Gasteiger partial charge in [-0.05, 0) is 49.2 Å². The van der Waals surface area contributed by atoms with E-state index in [4.69, 9.17) is 0 Å². The van der Waals surface area contributed by atoms with Gasteiger partial charge in [0.05, 0.1) is 10.5 Å². The highest BCUT2D eigenvalue weighted by molar-refractivity contribution is 9.10. The van der Waals surface area contributed by atoms with E-state index in [1.165, 1.54) is 28.6 Å². The van der Waals surface area contributed by atoms with Crippen molar-refractivity contribution in [3.63, 3.8) is 0 Å². The van der Waals surface area contributed by atoms with Crippen LogP contribution >= 0.6 is 15.9 Å². The fourth-order valence-electron chi connectivity index (χ4n) is 3.04. The summed E-state index contributed by atoms with van der Waals surface area (Å²) in [6.07, 6.45) is 3.75. The van der Waals surface area contributed by atoms with Gasteiger partial charge in [0, 0.05) is 23.2 Å². The number of carbonyl (C=O) groups excluding carboxylic acids is 1. The van der Waals surface area contributed by atoms with Crippen LogP contribution in [0.15, 0.2) is 51.8 Å². The Morgan fingerprint density at radius 3 is 2.41 bits per heavy atom. The predicted molar refractivity (Wildman–Crippen MR) is 106 cm³/mol. The zero-order chi connectivity index (χ0) is 19.4. The number of nitrogens with one attached hydrogen (secondary N) is 1. The van der Waals surface area contributed by atoms with Crippen molar-refractivity contribution in [2.75, 3.05) is 18.4 Å². The van der Waals surface area contributed by atoms with Crippen LogP contribution in [0.2, 0.25) is 0 Å². The van der Waals surface area contributed by atoms with E-state index in [9.17, 15) is 17.6 Å². The molecule has 1 saturated heterocycles. The van der Waals surface area contributed by atoms with E-state index in [1.807, 2.05) is 0 Å². The molecule has 1 aliphatic rings. The molecule has 1 heterocycles. The fraction of sp³-hybridized carbons (Fsp3) is 0.316. The zero-order valence-corrected chi connectivity index (χ0v) is 17.0. The van der Waals surface area contributed by atoms with Crippen LogP contribution in [0.3, 0.4) is 0 Å². The van der Waals surface area contributed by atoms with Gasteiger partial charge in [0.25, 0.3) is 5.91 Å². The third-order valence-electron chi connectivity index (χ3n) is 4.47. The normalized spacial score (nSPS) is 15.9. The number of halogens is 2. The summed E-state index contributed by atoms with van der Waals surface area (Å²) in [5.41, 5.74) is 0.192. The maximum atomic E-state index is 14.0. The third-order valence-corrected chi connectivity index (χ3v) is 6.86. The summed E-state index contributed by atoms with van der Waals surface area (Å²) in [5, 5.41) is 2.57. The number of nitrogens with zero attached hydrogens (tertiary/aromatic N) is 1. The van der Waals surface area contributed by atoms with Gasteiger partial charge in [0.15, 0.2) is 0 Å². The number of carbonyl (C=O) groups is 1. The Hall–Kier alpha value is -1.77.